The lowest BCUT2D eigenvalue weighted by Crippen LogP contribution is -2.23. The first kappa shape index (κ1) is 15.6. The fourth-order valence-corrected chi connectivity index (χ4v) is 3.19. The molecule has 0 aliphatic carbocycles. The lowest BCUT2D eigenvalue weighted by molar-refractivity contribution is 0.101. The van der Waals surface area contributed by atoms with E-state index < -0.39 is 5.91 Å². The summed E-state index contributed by atoms with van der Waals surface area (Å²) in [5.74, 6) is -0.403. The summed E-state index contributed by atoms with van der Waals surface area (Å²) in [4.78, 5) is 33.3. The fourth-order valence-electron chi connectivity index (χ4n) is 2.48. The van der Waals surface area contributed by atoms with Crippen molar-refractivity contribution < 1.29 is 4.79 Å². The SMILES string of the molecule is O=C(Nc1nccs1)c1cc2nccc(=O)n2n1-c1cccc(Cl)c1. The van der Waals surface area contributed by atoms with Crippen LogP contribution < -0.4 is 10.9 Å². The minimum atomic E-state index is -0.403. The second kappa shape index (κ2) is 6.15. The molecule has 0 spiro atoms. The Balaban J connectivity index is 1.94. The monoisotopic (exact) mass is 371 g/mol. The van der Waals surface area contributed by atoms with Crippen molar-refractivity contribution in [3.05, 3.63) is 75.2 Å². The van der Waals surface area contributed by atoms with Gasteiger partial charge in [-0.25, -0.2) is 14.6 Å². The predicted octanol–water partition coefficient (Wildman–Crippen LogP) is 2.85. The van der Waals surface area contributed by atoms with Gasteiger partial charge < -0.3 is 0 Å². The van der Waals surface area contributed by atoms with Crippen LogP contribution in [0.15, 0.2) is 59.0 Å². The number of aromatic nitrogens is 4. The molecule has 124 valence electrons. The number of benzene rings is 1. The molecule has 9 heteroatoms. The van der Waals surface area contributed by atoms with Gasteiger partial charge in [-0.15, -0.1) is 11.3 Å². The van der Waals surface area contributed by atoms with Crippen LogP contribution in [0.25, 0.3) is 11.3 Å². The first-order valence-electron chi connectivity index (χ1n) is 7.20. The molecule has 4 aromatic rings. The molecule has 0 aliphatic heterocycles. The van der Waals surface area contributed by atoms with Crippen molar-refractivity contribution in [1.82, 2.24) is 19.2 Å². The minimum absolute atomic E-state index is 0.244. The number of rotatable bonds is 3. The zero-order valence-corrected chi connectivity index (χ0v) is 14.2. The maximum Gasteiger partial charge on any atom is 0.276 e. The number of hydrogen-bond acceptors (Lipinski definition) is 5. The summed E-state index contributed by atoms with van der Waals surface area (Å²) < 4.78 is 2.81. The number of thiazole rings is 1. The quantitative estimate of drug-likeness (QED) is 0.600. The molecular weight excluding hydrogens is 362 g/mol. The molecule has 0 fully saturated rings. The van der Waals surface area contributed by atoms with Crippen LogP contribution in [-0.4, -0.2) is 25.1 Å². The van der Waals surface area contributed by atoms with Crippen LogP contribution in [0.2, 0.25) is 5.02 Å². The van der Waals surface area contributed by atoms with Gasteiger partial charge in [-0.1, -0.05) is 17.7 Å². The smallest absolute Gasteiger partial charge is 0.276 e. The average molecular weight is 372 g/mol. The fraction of sp³-hybridized carbons (Fsp3) is 0. The van der Waals surface area contributed by atoms with Crippen molar-refractivity contribution in [2.24, 2.45) is 0 Å². The number of carbonyl (C=O) groups excluding carboxylic acids is 1. The maximum absolute atomic E-state index is 12.7. The normalized spacial score (nSPS) is 10.9. The summed E-state index contributed by atoms with van der Waals surface area (Å²) in [6.07, 6.45) is 3.00. The van der Waals surface area contributed by atoms with E-state index >= 15 is 0 Å². The second-order valence-corrected chi connectivity index (χ2v) is 6.40. The van der Waals surface area contributed by atoms with Crippen molar-refractivity contribution in [2.45, 2.75) is 0 Å². The van der Waals surface area contributed by atoms with E-state index in [-0.39, 0.29) is 11.3 Å². The van der Waals surface area contributed by atoms with Gasteiger partial charge in [0.15, 0.2) is 10.8 Å². The zero-order chi connectivity index (χ0) is 17.4. The second-order valence-electron chi connectivity index (χ2n) is 5.07. The molecule has 0 atom stereocenters. The lowest BCUT2D eigenvalue weighted by Gasteiger charge is -2.10. The number of nitrogens with one attached hydrogen (secondary N) is 1. The molecule has 3 aromatic heterocycles. The van der Waals surface area contributed by atoms with Crippen LogP contribution in [0.4, 0.5) is 5.13 Å². The molecule has 1 amide bonds. The molecular formula is C16H10ClN5O2S. The number of hydrogen-bond donors (Lipinski definition) is 1. The summed E-state index contributed by atoms with van der Waals surface area (Å²) in [7, 11) is 0. The highest BCUT2D eigenvalue weighted by Gasteiger charge is 2.19. The highest BCUT2D eigenvalue weighted by atomic mass is 35.5. The number of amides is 1. The largest absolute Gasteiger partial charge is 0.296 e. The van der Waals surface area contributed by atoms with E-state index in [0.717, 1.165) is 0 Å². The van der Waals surface area contributed by atoms with Gasteiger partial charge in [0.1, 0.15) is 5.69 Å². The third-order valence-electron chi connectivity index (χ3n) is 3.48. The van der Waals surface area contributed by atoms with Crippen molar-refractivity contribution in [3.63, 3.8) is 0 Å². The Morgan fingerprint density at radius 2 is 2.04 bits per heavy atom. The van der Waals surface area contributed by atoms with Crippen LogP contribution in [0, 0.1) is 0 Å². The summed E-state index contributed by atoms with van der Waals surface area (Å²) in [5.41, 5.74) is 0.866. The van der Waals surface area contributed by atoms with E-state index in [0.29, 0.717) is 21.5 Å². The highest BCUT2D eigenvalue weighted by Crippen LogP contribution is 2.20. The molecule has 3 heterocycles. The van der Waals surface area contributed by atoms with Crippen LogP contribution in [0.1, 0.15) is 10.5 Å². The van der Waals surface area contributed by atoms with Gasteiger partial charge in [-0.3, -0.25) is 14.9 Å². The van der Waals surface area contributed by atoms with Gasteiger partial charge in [0.2, 0.25) is 0 Å². The Hall–Kier alpha value is -2.97. The summed E-state index contributed by atoms with van der Waals surface area (Å²) in [6, 6.07) is 9.76. The maximum atomic E-state index is 12.7. The summed E-state index contributed by atoms with van der Waals surface area (Å²) in [6.45, 7) is 0. The number of anilines is 1. The molecule has 0 bridgehead atoms. The number of halogens is 1. The van der Waals surface area contributed by atoms with Crippen LogP contribution in [0.5, 0.6) is 0 Å². The molecule has 1 N–H and O–H groups in total. The van der Waals surface area contributed by atoms with Gasteiger partial charge in [0.05, 0.1) is 5.69 Å². The Morgan fingerprint density at radius 3 is 2.80 bits per heavy atom. The third-order valence-corrected chi connectivity index (χ3v) is 4.41. The van der Waals surface area contributed by atoms with Gasteiger partial charge in [0.25, 0.3) is 11.5 Å². The average Bonchev–Trinajstić information content (AvgIpc) is 3.22. The molecule has 1 aromatic carbocycles. The van der Waals surface area contributed by atoms with Crippen molar-refractivity contribution in [2.75, 3.05) is 5.32 Å². The molecule has 0 aliphatic rings. The third kappa shape index (κ3) is 2.81. The van der Waals surface area contributed by atoms with Gasteiger partial charge in [0, 0.05) is 34.9 Å². The lowest BCUT2D eigenvalue weighted by atomic mass is 10.3. The minimum Gasteiger partial charge on any atom is -0.296 e. The molecule has 4 rings (SSSR count). The topological polar surface area (TPSA) is 81.3 Å². The molecule has 25 heavy (non-hydrogen) atoms. The first-order chi connectivity index (χ1) is 12.1. The van der Waals surface area contributed by atoms with Gasteiger partial charge >= 0.3 is 0 Å². The van der Waals surface area contributed by atoms with Crippen molar-refractivity contribution >= 4 is 39.6 Å². The number of carbonyl (C=O) groups is 1. The van der Waals surface area contributed by atoms with Crippen molar-refractivity contribution in [1.29, 1.82) is 0 Å². The van der Waals surface area contributed by atoms with E-state index in [9.17, 15) is 9.59 Å². The first-order valence-corrected chi connectivity index (χ1v) is 8.46. The van der Waals surface area contributed by atoms with E-state index in [2.05, 4.69) is 15.3 Å². The molecule has 0 unspecified atom stereocenters. The standard InChI is InChI=1S/C16H10ClN5O2S/c17-10-2-1-3-11(8-10)21-12(15(24)20-16-19-6-7-25-16)9-13-18-5-4-14(23)22(13)21/h1-9H,(H,19,20,24). The summed E-state index contributed by atoms with van der Waals surface area (Å²) in [5, 5.41) is 5.43. The van der Waals surface area contributed by atoms with Crippen LogP contribution in [-0.2, 0) is 0 Å². The van der Waals surface area contributed by atoms with E-state index in [1.165, 1.54) is 32.8 Å². The molecule has 7 nitrogen and oxygen atoms in total. The van der Waals surface area contributed by atoms with E-state index in [4.69, 9.17) is 11.6 Å². The Labute approximate surface area is 150 Å². The Morgan fingerprint density at radius 1 is 1.16 bits per heavy atom. The molecule has 0 saturated heterocycles. The van der Waals surface area contributed by atoms with Crippen molar-refractivity contribution in [3.8, 4) is 5.69 Å². The molecule has 0 saturated carbocycles. The van der Waals surface area contributed by atoms with Gasteiger partial charge in [-0.05, 0) is 18.2 Å². The Bertz CT molecular complexity index is 1130. The van der Waals surface area contributed by atoms with Crippen LogP contribution in [0.3, 0.4) is 0 Å². The van der Waals surface area contributed by atoms with E-state index in [1.807, 2.05) is 0 Å². The number of nitrogens with zero attached hydrogens (tertiary/aromatic N) is 4. The summed E-state index contributed by atoms with van der Waals surface area (Å²) >= 11 is 7.38. The predicted molar refractivity (Wildman–Crippen MR) is 95.9 cm³/mol. The van der Waals surface area contributed by atoms with Crippen LogP contribution >= 0.6 is 22.9 Å². The zero-order valence-electron chi connectivity index (χ0n) is 12.6. The number of fused-ring (bicyclic) bond motifs is 1. The molecule has 0 radical (unpaired) electrons. The Kier molecular flexibility index (Phi) is 3.83. The van der Waals surface area contributed by atoms with E-state index in [1.54, 1.807) is 41.9 Å². The highest BCUT2D eigenvalue weighted by molar-refractivity contribution is 7.13. The van der Waals surface area contributed by atoms with Gasteiger partial charge in [-0.2, -0.15) is 4.52 Å².